The predicted octanol–water partition coefficient (Wildman–Crippen LogP) is 2.11. The van der Waals surface area contributed by atoms with E-state index in [2.05, 4.69) is 5.32 Å². The third-order valence-corrected chi connectivity index (χ3v) is 6.25. The van der Waals surface area contributed by atoms with E-state index in [1.165, 1.54) is 18.2 Å². The topological polar surface area (TPSA) is 142 Å². The van der Waals surface area contributed by atoms with Crippen molar-refractivity contribution in [1.82, 2.24) is 5.32 Å². The van der Waals surface area contributed by atoms with Crippen molar-refractivity contribution in [2.24, 2.45) is 5.14 Å². The molecule has 3 aromatic rings. The van der Waals surface area contributed by atoms with E-state index in [-0.39, 0.29) is 23.9 Å². The average Bonchev–Trinajstić information content (AvgIpc) is 2.82. The summed E-state index contributed by atoms with van der Waals surface area (Å²) in [5, 5.41) is 37.6. The summed E-state index contributed by atoms with van der Waals surface area (Å²) in [6, 6.07) is 19.1. The summed E-state index contributed by atoms with van der Waals surface area (Å²) in [7, 11) is -3.74. The Balaban J connectivity index is 1.44. The van der Waals surface area contributed by atoms with Crippen molar-refractivity contribution in [3.8, 4) is 5.75 Å². The zero-order valence-corrected chi connectivity index (χ0v) is 19.5. The van der Waals surface area contributed by atoms with Gasteiger partial charge in [-0.2, -0.15) is 0 Å². The first-order valence-electron chi connectivity index (χ1n) is 10.8. The zero-order valence-electron chi connectivity index (χ0n) is 18.7. The molecule has 6 N–H and O–H groups in total. The molecule has 0 saturated heterocycles. The molecule has 0 heterocycles. The van der Waals surface area contributed by atoms with Gasteiger partial charge in [-0.15, -0.1) is 0 Å². The summed E-state index contributed by atoms with van der Waals surface area (Å²) < 4.78 is 28.7. The number of phenols is 1. The van der Waals surface area contributed by atoms with Gasteiger partial charge in [0.1, 0.15) is 5.75 Å². The van der Waals surface area contributed by atoms with Crippen molar-refractivity contribution < 1.29 is 28.5 Å². The van der Waals surface area contributed by atoms with Gasteiger partial charge in [-0.05, 0) is 59.5 Å². The number of ether oxygens (including phenoxy) is 1. The minimum Gasteiger partial charge on any atom is -0.508 e. The molecule has 0 aromatic heterocycles. The van der Waals surface area contributed by atoms with Gasteiger partial charge in [0, 0.05) is 12.1 Å². The number of hydrogen-bond donors (Lipinski definition) is 5. The number of rotatable bonds is 12. The van der Waals surface area contributed by atoms with Crippen molar-refractivity contribution in [3.05, 3.63) is 94.5 Å². The fourth-order valence-electron chi connectivity index (χ4n) is 3.50. The van der Waals surface area contributed by atoms with Gasteiger partial charge in [0.25, 0.3) is 0 Å². The normalized spacial score (nSPS) is 12.6. The van der Waals surface area contributed by atoms with Crippen LogP contribution in [0.25, 0.3) is 0 Å². The minimum atomic E-state index is -3.74. The molecule has 0 amide bonds. The van der Waals surface area contributed by atoms with Crippen molar-refractivity contribution in [3.63, 3.8) is 0 Å². The molecule has 0 fully saturated rings. The Bertz CT molecular complexity index is 1200. The largest absolute Gasteiger partial charge is 0.508 e. The van der Waals surface area contributed by atoms with Crippen LogP contribution in [0.15, 0.2) is 71.6 Å². The summed E-state index contributed by atoms with van der Waals surface area (Å²) in [5.74, 6) is 0.00675. The van der Waals surface area contributed by atoms with Crippen LogP contribution in [0.4, 0.5) is 0 Å². The lowest BCUT2D eigenvalue weighted by Gasteiger charge is -2.14. The molecule has 0 aliphatic rings. The Labute approximate surface area is 199 Å². The fraction of sp³-hybridized carbons (Fsp3) is 0.280. The highest BCUT2D eigenvalue weighted by molar-refractivity contribution is 7.89. The monoisotopic (exact) mass is 486 g/mol. The van der Waals surface area contributed by atoms with Crippen LogP contribution in [-0.4, -0.2) is 36.8 Å². The van der Waals surface area contributed by atoms with Gasteiger partial charge in [0.15, 0.2) is 0 Å². The van der Waals surface area contributed by atoms with E-state index in [0.717, 1.165) is 23.1 Å². The van der Waals surface area contributed by atoms with Gasteiger partial charge in [-0.25, -0.2) is 13.6 Å². The van der Waals surface area contributed by atoms with Gasteiger partial charge in [0.2, 0.25) is 10.0 Å². The van der Waals surface area contributed by atoms with Crippen molar-refractivity contribution in [2.45, 2.75) is 37.2 Å². The number of aromatic hydroxyl groups is 1. The average molecular weight is 487 g/mol. The molecule has 0 radical (unpaired) electrons. The van der Waals surface area contributed by atoms with Crippen LogP contribution in [0.1, 0.15) is 33.9 Å². The van der Waals surface area contributed by atoms with Crippen LogP contribution in [0.3, 0.4) is 0 Å². The highest BCUT2D eigenvalue weighted by Gasteiger charge is 2.10. The molecule has 8 nitrogen and oxygen atoms in total. The molecule has 9 heteroatoms. The van der Waals surface area contributed by atoms with E-state index in [1.54, 1.807) is 24.3 Å². The second-order valence-corrected chi connectivity index (χ2v) is 9.58. The lowest BCUT2D eigenvalue weighted by atomic mass is 10.0. The second-order valence-electron chi connectivity index (χ2n) is 8.02. The molecular formula is C25H30N2O6S. The van der Waals surface area contributed by atoms with Crippen molar-refractivity contribution in [1.29, 1.82) is 0 Å². The number of benzene rings is 3. The molecule has 0 bridgehead atoms. The first-order valence-corrected chi connectivity index (χ1v) is 12.4. The number of nitrogens with one attached hydrogen (secondary N) is 1. The van der Waals surface area contributed by atoms with E-state index in [0.29, 0.717) is 30.8 Å². The van der Waals surface area contributed by atoms with E-state index in [4.69, 9.17) is 9.88 Å². The first kappa shape index (κ1) is 25.8. The lowest BCUT2D eigenvalue weighted by Crippen LogP contribution is -2.23. The Morgan fingerprint density at radius 1 is 0.941 bits per heavy atom. The molecule has 0 unspecified atom stereocenters. The van der Waals surface area contributed by atoms with Gasteiger partial charge < -0.3 is 25.4 Å². The molecule has 0 saturated carbocycles. The van der Waals surface area contributed by atoms with E-state index < -0.39 is 16.1 Å². The predicted molar refractivity (Wildman–Crippen MR) is 128 cm³/mol. The van der Waals surface area contributed by atoms with Crippen molar-refractivity contribution in [2.75, 3.05) is 13.1 Å². The van der Waals surface area contributed by atoms with Crippen molar-refractivity contribution >= 4 is 10.0 Å². The second kappa shape index (κ2) is 12.1. The number of sulfonamides is 1. The van der Waals surface area contributed by atoms with Gasteiger partial charge in [-0.1, -0.05) is 42.5 Å². The molecule has 1 atom stereocenters. The van der Waals surface area contributed by atoms with Crippen LogP contribution in [0.2, 0.25) is 0 Å². The van der Waals surface area contributed by atoms with Gasteiger partial charge in [-0.3, -0.25) is 0 Å². The Hall–Kier alpha value is -2.79. The smallest absolute Gasteiger partial charge is 0.238 e. The quantitative estimate of drug-likeness (QED) is 0.247. The maximum absolute atomic E-state index is 11.5. The fourth-order valence-corrected chi connectivity index (χ4v) is 4.09. The highest BCUT2D eigenvalue weighted by Crippen LogP contribution is 2.22. The third kappa shape index (κ3) is 7.63. The summed E-state index contributed by atoms with van der Waals surface area (Å²) >= 11 is 0. The molecule has 0 aliphatic carbocycles. The lowest BCUT2D eigenvalue weighted by molar-refractivity contribution is 0.107. The number of aliphatic hydroxyl groups is 2. The molecule has 182 valence electrons. The summed E-state index contributed by atoms with van der Waals surface area (Å²) in [6.07, 6.45) is 0.00688. The van der Waals surface area contributed by atoms with E-state index in [1.807, 2.05) is 24.3 Å². The highest BCUT2D eigenvalue weighted by atomic mass is 32.2. The Morgan fingerprint density at radius 3 is 2.32 bits per heavy atom. The van der Waals surface area contributed by atoms with Crippen LogP contribution in [-0.2, 0) is 41.0 Å². The van der Waals surface area contributed by atoms with Crippen LogP contribution >= 0.6 is 0 Å². The maximum atomic E-state index is 11.5. The minimum absolute atomic E-state index is 0.00675. The SMILES string of the molecule is NS(=O)(=O)c1cccc(COCc2cccc(CCNC[C@@H](O)c3ccc(O)c(CO)c3)c2)c1. The molecular weight excluding hydrogens is 456 g/mol. The molecule has 0 spiro atoms. The first-order chi connectivity index (χ1) is 16.3. The molecule has 34 heavy (non-hydrogen) atoms. The third-order valence-electron chi connectivity index (χ3n) is 5.34. The Morgan fingerprint density at radius 2 is 1.62 bits per heavy atom. The maximum Gasteiger partial charge on any atom is 0.238 e. The zero-order chi connectivity index (χ0) is 24.6. The standard InChI is InChI=1S/C25H30N2O6S/c26-34(31,32)23-6-2-5-20(12-23)17-33-16-19-4-1-3-18(11-19)9-10-27-14-25(30)21-7-8-24(29)22(13-21)15-28/h1-8,11-13,25,27-30H,9-10,14-17H2,(H2,26,31,32)/t25-/m1/s1. The van der Waals surface area contributed by atoms with E-state index >= 15 is 0 Å². The number of primary sulfonamides is 1. The Kier molecular flexibility index (Phi) is 9.17. The summed E-state index contributed by atoms with van der Waals surface area (Å²) in [5.41, 5.74) is 3.85. The number of nitrogens with two attached hydrogens (primary N) is 1. The van der Waals surface area contributed by atoms with Crippen LogP contribution < -0.4 is 10.5 Å². The van der Waals surface area contributed by atoms with Gasteiger partial charge in [0.05, 0.1) is 30.8 Å². The summed E-state index contributed by atoms with van der Waals surface area (Å²) in [6.45, 7) is 1.36. The molecule has 3 aromatic carbocycles. The van der Waals surface area contributed by atoms with Crippen LogP contribution in [0, 0.1) is 0 Å². The molecule has 0 aliphatic heterocycles. The van der Waals surface area contributed by atoms with Gasteiger partial charge >= 0.3 is 0 Å². The molecule has 3 rings (SSSR count). The van der Waals surface area contributed by atoms with E-state index in [9.17, 15) is 23.7 Å². The number of hydrogen-bond acceptors (Lipinski definition) is 7. The summed E-state index contributed by atoms with van der Waals surface area (Å²) in [4.78, 5) is 0.0625. The van der Waals surface area contributed by atoms with Crippen LogP contribution in [0.5, 0.6) is 5.75 Å². The number of aliphatic hydroxyl groups excluding tert-OH is 2.